The van der Waals surface area contributed by atoms with Gasteiger partial charge in [-0.1, -0.05) is 18.2 Å². The minimum atomic E-state index is -0.388. The van der Waals surface area contributed by atoms with Gasteiger partial charge in [0.2, 0.25) is 0 Å². The Hall–Kier alpha value is -1.68. The van der Waals surface area contributed by atoms with E-state index in [1.807, 2.05) is 13.0 Å². The molecule has 0 spiro atoms. The minimum Gasteiger partial charge on any atom is -0.307 e. The van der Waals surface area contributed by atoms with Crippen molar-refractivity contribution in [1.29, 1.82) is 0 Å². The monoisotopic (exact) mass is 206 g/mol. The molecule has 0 aliphatic rings. The zero-order valence-electron chi connectivity index (χ0n) is 8.64. The summed E-state index contributed by atoms with van der Waals surface area (Å²) in [6.45, 7) is 6.23. The van der Waals surface area contributed by atoms with Gasteiger partial charge in [-0.25, -0.2) is 0 Å². The Morgan fingerprint density at radius 1 is 1.67 bits per heavy atom. The third kappa shape index (κ3) is 3.52. The summed E-state index contributed by atoms with van der Waals surface area (Å²) < 4.78 is 0. The van der Waals surface area contributed by atoms with Crippen LogP contribution >= 0.6 is 0 Å². The lowest BCUT2D eigenvalue weighted by Gasteiger charge is -2.08. The summed E-state index contributed by atoms with van der Waals surface area (Å²) in [6, 6.07) is 6.80. The van der Waals surface area contributed by atoms with Gasteiger partial charge in [-0.05, 0) is 12.5 Å². The van der Waals surface area contributed by atoms with Gasteiger partial charge in [0, 0.05) is 24.7 Å². The Balaban J connectivity index is 2.65. The molecular weight excluding hydrogens is 192 g/mol. The first-order chi connectivity index (χ1) is 7.13. The second-order valence-electron chi connectivity index (χ2n) is 3.33. The highest BCUT2D eigenvalue weighted by Gasteiger charge is 2.05. The van der Waals surface area contributed by atoms with Gasteiger partial charge in [-0.2, -0.15) is 0 Å². The molecule has 4 nitrogen and oxygen atoms in total. The maximum Gasteiger partial charge on any atom is 0.269 e. The van der Waals surface area contributed by atoms with E-state index < -0.39 is 0 Å². The number of nitrogens with one attached hydrogen (secondary N) is 1. The van der Waals surface area contributed by atoms with Gasteiger partial charge >= 0.3 is 0 Å². The average molecular weight is 206 g/mol. The number of hydrogen-bond donors (Lipinski definition) is 1. The molecule has 0 amide bonds. The molecule has 0 aliphatic heterocycles. The van der Waals surface area contributed by atoms with Crippen molar-refractivity contribution in [2.75, 3.05) is 0 Å². The number of benzene rings is 1. The molecule has 0 fully saturated rings. The van der Waals surface area contributed by atoms with Gasteiger partial charge in [-0.15, -0.1) is 6.58 Å². The first-order valence-corrected chi connectivity index (χ1v) is 4.72. The van der Waals surface area contributed by atoms with E-state index in [0.717, 1.165) is 5.56 Å². The summed E-state index contributed by atoms with van der Waals surface area (Å²) >= 11 is 0. The Labute approximate surface area is 88.8 Å². The van der Waals surface area contributed by atoms with E-state index in [1.165, 1.54) is 6.07 Å². The molecule has 0 heterocycles. The molecule has 1 rings (SSSR count). The van der Waals surface area contributed by atoms with Crippen molar-refractivity contribution in [3.05, 3.63) is 52.6 Å². The van der Waals surface area contributed by atoms with Gasteiger partial charge in [0.25, 0.3) is 5.69 Å². The van der Waals surface area contributed by atoms with Crippen molar-refractivity contribution < 1.29 is 4.92 Å². The molecule has 1 aromatic carbocycles. The summed E-state index contributed by atoms with van der Waals surface area (Å²) in [7, 11) is 0. The number of nitrogens with zero attached hydrogens (tertiary/aromatic N) is 1. The number of hydrogen-bond acceptors (Lipinski definition) is 3. The van der Waals surface area contributed by atoms with Crippen LogP contribution in [0.1, 0.15) is 12.5 Å². The maximum absolute atomic E-state index is 10.5. The zero-order chi connectivity index (χ0) is 11.3. The molecule has 1 aromatic rings. The highest BCUT2D eigenvalue weighted by Crippen LogP contribution is 2.12. The first kappa shape index (κ1) is 11.4. The van der Waals surface area contributed by atoms with Crippen LogP contribution in [-0.4, -0.2) is 11.0 Å². The first-order valence-electron chi connectivity index (χ1n) is 4.72. The van der Waals surface area contributed by atoms with Crippen LogP contribution in [0.25, 0.3) is 0 Å². The van der Waals surface area contributed by atoms with Crippen LogP contribution in [0.5, 0.6) is 0 Å². The van der Waals surface area contributed by atoms with Crippen molar-refractivity contribution >= 4 is 5.69 Å². The van der Waals surface area contributed by atoms with E-state index in [2.05, 4.69) is 11.9 Å². The lowest BCUT2D eigenvalue weighted by atomic mass is 10.2. The molecule has 80 valence electrons. The van der Waals surface area contributed by atoms with E-state index in [4.69, 9.17) is 0 Å². The lowest BCUT2D eigenvalue weighted by Crippen LogP contribution is -2.22. The third-order valence-corrected chi connectivity index (χ3v) is 2.10. The predicted octanol–water partition coefficient (Wildman–Crippen LogP) is 2.26. The SMILES string of the molecule is C=CC(C)NCc1cccc([N+](=O)[O-])c1. The average Bonchev–Trinajstić information content (AvgIpc) is 2.26. The van der Waals surface area contributed by atoms with Crippen LogP contribution in [0.2, 0.25) is 0 Å². The summed E-state index contributed by atoms with van der Waals surface area (Å²) in [6.07, 6.45) is 1.79. The molecule has 4 heteroatoms. The van der Waals surface area contributed by atoms with E-state index in [0.29, 0.717) is 6.54 Å². The molecule has 0 saturated heterocycles. The molecule has 15 heavy (non-hydrogen) atoms. The number of rotatable bonds is 5. The number of nitro benzene ring substituents is 1. The standard InChI is InChI=1S/C11H14N2O2/c1-3-9(2)12-8-10-5-4-6-11(7-10)13(14)15/h3-7,9,12H,1,8H2,2H3. The number of non-ortho nitro benzene ring substituents is 1. The molecule has 0 saturated carbocycles. The quantitative estimate of drug-likeness (QED) is 0.456. The fourth-order valence-corrected chi connectivity index (χ4v) is 1.14. The van der Waals surface area contributed by atoms with Crippen LogP contribution < -0.4 is 5.32 Å². The van der Waals surface area contributed by atoms with Crippen LogP contribution in [0.3, 0.4) is 0 Å². The fourth-order valence-electron chi connectivity index (χ4n) is 1.14. The van der Waals surface area contributed by atoms with E-state index >= 15 is 0 Å². The van der Waals surface area contributed by atoms with Gasteiger partial charge in [0.1, 0.15) is 0 Å². The molecule has 1 N–H and O–H groups in total. The summed E-state index contributed by atoms with van der Waals surface area (Å²) in [4.78, 5) is 10.1. The largest absolute Gasteiger partial charge is 0.307 e. The second kappa shape index (κ2) is 5.26. The van der Waals surface area contributed by atoms with Gasteiger partial charge in [0.15, 0.2) is 0 Å². The van der Waals surface area contributed by atoms with Crippen molar-refractivity contribution in [3.63, 3.8) is 0 Å². The van der Waals surface area contributed by atoms with E-state index in [-0.39, 0.29) is 16.7 Å². The summed E-state index contributed by atoms with van der Waals surface area (Å²) in [5.74, 6) is 0. The molecule has 0 aliphatic carbocycles. The van der Waals surface area contributed by atoms with Crippen LogP contribution in [0.4, 0.5) is 5.69 Å². The molecule has 0 bridgehead atoms. The fraction of sp³-hybridized carbons (Fsp3) is 0.273. The second-order valence-corrected chi connectivity index (χ2v) is 3.33. The Kier molecular flexibility index (Phi) is 4.00. The number of nitro groups is 1. The Morgan fingerprint density at radius 3 is 3.00 bits per heavy atom. The molecule has 1 atom stereocenters. The molecule has 0 radical (unpaired) electrons. The molecule has 0 aromatic heterocycles. The normalized spacial score (nSPS) is 12.1. The Morgan fingerprint density at radius 2 is 2.40 bits per heavy atom. The summed E-state index contributed by atoms with van der Waals surface area (Å²) in [5.41, 5.74) is 1.03. The van der Waals surface area contributed by atoms with Crippen molar-refractivity contribution in [3.8, 4) is 0 Å². The van der Waals surface area contributed by atoms with E-state index in [1.54, 1.807) is 18.2 Å². The van der Waals surface area contributed by atoms with Gasteiger partial charge in [-0.3, -0.25) is 10.1 Å². The smallest absolute Gasteiger partial charge is 0.269 e. The van der Waals surface area contributed by atoms with Crippen LogP contribution in [0, 0.1) is 10.1 Å². The van der Waals surface area contributed by atoms with Gasteiger partial charge < -0.3 is 5.32 Å². The van der Waals surface area contributed by atoms with Crippen molar-refractivity contribution in [2.45, 2.75) is 19.5 Å². The highest BCUT2D eigenvalue weighted by molar-refractivity contribution is 5.34. The summed E-state index contributed by atoms with van der Waals surface area (Å²) in [5, 5.41) is 13.7. The van der Waals surface area contributed by atoms with Crippen LogP contribution in [-0.2, 0) is 6.54 Å². The molecular formula is C11H14N2O2. The Bertz CT molecular complexity index is 363. The zero-order valence-corrected chi connectivity index (χ0v) is 8.64. The predicted molar refractivity (Wildman–Crippen MR) is 59.6 cm³/mol. The van der Waals surface area contributed by atoms with Crippen molar-refractivity contribution in [1.82, 2.24) is 5.32 Å². The maximum atomic E-state index is 10.5. The van der Waals surface area contributed by atoms with Gasteiger partial charge in [0.05, 0.1) is 4.92 Å². The lowest BCUT2D eigenvalue weighted by molar-refractivity contribution is -0.384. The topological polar surface area (TPSA) is 55.2 Å². The van der Waals surface area contributed by atoms with Crippen LogP contribution in [0.15, 0.2) is 36.9 Å². The van der Waals surface area contributed by atoms with E-state index in [9.17, 15) is 10.1 Å². The third-order valence-electron chi connectivity index (χ3n) is 2.10. The minimum absolute atomic E-state index is 0.126. The molecule has 1 unspecified atom stereocenters. The van der Waals surface area contributed by atoms with Crippen molar-refractivity contribution in [2.24, 2.45) is 0 Å². The highest BCUT2D eigenvalue weighted by atomic mass is 16.6.